The van der Waals surface area contributed by atoms with Crippen molar-refractivity contribution in [2.24, 2.45) is 0 Å². The van der Waals surface area contributed by atoms with Crippen molar-refractivity contribution in [1.82, 2.24) is 0 Å². The summed E-state index contributed by atoms with van der Waals surface area (Å²) in [4.78, 5) is 0. The molecule has 0 aliphatic carbocycles. The van der Waals surface area contributed by atoms with E-state index in [2.05, 4.69) is 19.7 Å². The highest BCUT2D eigenvalue weighted by molar-refractivity contribution is 4.88. The van der Waals surface area contributed by atoms with Crippen LogP contribution in [0, 0.1) is 0 Å². The van der Waals surface area contributed by atoms with Crippen LogP contribution >= 0.6 is 0 Å². The SMILES string of the molecule is C=CC.C=CC=C.CC.CC. The van der Waals surface area contributed by atoms with E-state index in [1.807, 2.05) is 34.6 Å². The predicted octanol–water partition coefficient (Wildman–Crippen LogP) is 4.60. The molecule has 11 heavy (non-hydrogen) atoms. The van der Waals surface area contributed by atoms with Crippen LogP contribution in [0.3, 0.4) is 0 Å². The molecule has 0 aromatic carbocycles. The van der Waals surface area contributed by atoms with Crippen molar-refractivity contribution in [2.45, 2.75) is 34.6 Å². The van der Waals surface area contributed by atoms with Crippen LogP contribution in [0.25, 0.3) is 0 Å². The average molecular weight is 156 g/mol. The lowest BCUT2D eigenvalue weighted by Crippen LogP contribution is -1.21. The fourth-order valence-electron chi connectivity index (χ4n) is 0. The van der Waals surface area contributed by atoms with Gasteiger partial charge in [0.15, 0.2) is 0 Å². The van der Waals surface area contributed by atoms with Crippen molar-refractivity contribution >= 4 is 0 Å². The first-order valence-electron chi connectivity index (χ1n) is 4.14. The van der Waals surface area contributed by atoms with Gasteiger partial charge in [-0.1, -0.05) is 59.1 Å². The summed E-state index contributed by atoms with van der Waals surface area (Å²) in [6, 6.07) is 0. The van der Waals surface area contributed by atoms with Crippen molar-refractivity contribution in [2.75, 3.05) is 0 Å². The summed E-state index contributed by atoms with van der Waals surface area (Å²) < 4.78 is 0. The van der Waals surface area contributed by atoms with Crippen molar-refractivity contribution in [3.8, 4) is 0 Å². The zero-order valence-corrected chi connectivity index (χ0v) is 8.85. The normalized spacial score (nSPS) is 4.09. The smallest absolute Gasteiger partial charge is 0.0473 e. The molecule has 0 saturated heterocycles. The molecule has 0 unspecified atom stereocenters. The van der Waals surface area contributed by atoms with Crippen molar-refractivity contribution in [1.29, 1.82) is 0 Å². The molecule has 0 heterocycles. The fraction of sp³-hybridized carbons (Fsp3) is 0.455. The Morgan fingerprint density at radius 3 is 0.818 bits per heavy atom. The van der Waals surface area contributed by atoms with Crippen LogP contribution in [0.15, 0.2) is 38.0 Å². The number of hydrogen-bond acceptors (Lipinski definition) is 0. The van der Waals surface area contributed by atoms with Crippen LogP contribution in [0.4, 0.5) is 0 Å². The highest BCUT2D eigenvalue weighted by atomic mass is 13.4. The Morgan fingerprint density at radius 2 is 0.818 bits per heavy atom. The van der Waals surface area contributed by atoms with Crippen molar-refractivity contribution in [3.05, 3.63) is 38.0 Å². The molecule has 0 aliphatic heterocycles. The lowest BCUT2D eigenvalue weighted by atomic mass is 10.6. The number of hydrogen-bond donors (Lipinski definition) is 0. The van der Waals surface area contributed by atoms with Gasteiger partial charge in [-0.25, -0.2) is 0 Å². The van der Waals surface area contributed by atoms with Gasteiger partial charge in [0.05, 0.1) is 0 Å². The molecule has 0 atom stereocenters. The molecular formula is C11H24. The van der Waals surface area contributed by atoms with Crippen molar-refractivity contribution < 1.29 is 0 Å². The minimum absolute atomic E-state index is 1.64. The molecule has 0 spiro atoms. The van der Waals surface area contributed by atoms with Crippen LogP contribution in [-0.2, 0) is 0 Å². The van der Waals surface area contributed by atoms with E-state index < -0.39 is 0 Å². The molecule has 0 aliphatic rings. The third-order valence-electron chi connectivity index (χ3n) is 0.167. The topological polar surface area (TPSA) is 0 Å². The van der Waals surface area contributed by atoms with E-state index in [-0.39, 0.29) is 0 Å². The second-order valence-corrected chi connectivity index (χ2v) is 0.880. The summed E-state index contributed by atoms with van der Waals surface area (Å²) in [5, 5.41) is 0. The first kappa shape index (κ1) is 22.5. The quantitative estimate of drug-likeness (QED) is 0.384. The Hall–Kier alpha value is -0.780. The van der Waals surface area contributed by atoms with Gasteiger partial charge in [-0.3, -0.25) is 0 Å². The Bertz CT molecular complexity index is 45.1. The minimum Gasteiger partial charge on any atom is -0.103 e. The van der Waals surface area contributed by atoms with Gasteiger partial charge >= 0.3 is 0 Å². The van der Waals surface area contributed by atoms with Gasteiger partial charge < -0.3 is 0 Å². The maximum Gasteiger partial charge on any atom is -0.0473 e. The monoisotopic (exact) mass is 156 g/mol. The van der Waals surface area contributed by atoms with E-state index in [1.54, 1.807) is 18.2 Å². The highest BCUT2D eigenvalue weighted by Gasteiger charge is 1.29. The van der Waals surface area contributed by atoms with Gasteiger partial charge in [-0.15, -0.1) is 6.58 Å². The molecular weight excluding hydrogens is 132 g/mol. The zero-order valence-electron chi connectivity index (χ0n) is 8.85. The summed E-state index contributed by atoms with van der Waals surface area (Å²) in [5.41, 5.74) is 0. The van der Waals surface area contributed by atoms with Gasteiger partial charge in [-0.05, 0) is 6.92 Å². The van der Waals surface area contributed by atoms with Gasteiger partial charge in [0, 0.05) is 0 Å². The van der Waals surface area contributed by atoms with Crippen LogP contribution in [0.1, 0.15) is 34.6 Å². The predicted molar refractivity (Wildman–Crippen MR) is 59.0 cm³/mol. The second-order valence-electron chi connectivity index (χ2n) is 0.880. The van der Waals surface area contributed by atoms with Crippen LogP contribution in [0.5, 0.6) is 0 Å². The molecule has 0 bridgehead atoms. The Morgan fingerprint density at radius 1 is 0.727 bits per heavy atom. The standard InChI is InChI=1S/C4H6.C3H6.2C2H6/c1-3-4-2;1-3-2;2*1-2/h3-4H,1-2H2;3H,1H2,2H3;2*1-2H3. The maximum atomic E-state index is 3.36. The summed E-state index contributed by atoms with van der Waals surface area (Å²) in [6.45, 7) is 20.0. The van der Waals surface area contributed by atoms with E-state index in [9.17, 15) is 0 Å². The van der Waals surface area contributed by atoms with Crippen molar-refractivity contribution in [3.63, 3.8) is 0 Å². The van der Waals surface area contributed by atoms with Crippen LogP contribution in [0.2, 0.25) is 0 Å². The Balaban J connectivity index is -0.0000000315. The first-order valence-corrected chi connectivity index (χ1v) is 4.14. The van der Waals surface area contributed by atoms with Crippen LogP contribution < -0.4 is 0 Å². The molecule has 0 rings (SSSR count). The fourth-order valence-corrected chi connectivity index (χ4v) is 0. The zero-order chi connectivity index (χ0) is 10.1. The largest absolute Gasteiger partial charge is 0.103 e. The van der Waals surface area contributed by atoms with Gasteiger partial charge in [0.2, 0.25) is 0 Å². The Labute approximate surface area is 73.3 Å². The van der Waals surface area contributed by atoms with Gasteiger partial charge in [0.25, 0.3) is 0 Å². The van der Waals surface area contributed by atoms with E-state index in [1.165, 1.54) is 0 Å². The van der Waals surface area contributed by atoms with E-state index >= 15 is 0 Å². The lowest BCUT2D eigenvalue weighted by molar-refractivity contribution is 1.50. The lowest BCUT2D eigenvalue weighted by Gasteiger charge is -1.44. The molecule has 0 heteroatoms. The summed E-state index contributed by atoms with van der Waals surface area (Å²) >= 11 is 0. The minimum atomic E-state index is 1.64. The third-order valence-corrected chi connectivity index (χ3v) is 0.167. The molecule has 0 fully saturated rings. The van der Waals surface area contributed by atoms with E-state index in [4.69, 9.17) is 0 Å². The van der Waals surface area contributed by atoms with E-state index in [0.29, 0.717) is 0 Å². The van der Waals surface area contributed by atoms with Gasteiger partial charge in [0.1, 0.15) is 0 Å². The third kappa shape index (κ3) is 9930. The van der Waals surface area contributed by atoms with Gasteiger partial charge in [-0.2, -0.15) is 0 Å². The maximum absolute atomic E-state index is 3.36. The summed E-state index contributed by atoms with van der Waals surface area (Å²) in [5.74, 6) is 0. The molecule has 0 saturated carbocycles. The highest BCUT2D eigenvalue weighted by Crippen LogP contribution is 1.52. The average Bonchev–Trinajstić information content (AvgIpc) is 2.12. The first-order chi connectivity index (χ1) is 5.33. The number of allylic oxidation sites excluding steroid dienone is 3. The summed E-state index contributed by atoms with van der Waals surface area (Å²) in [7, 11) is 0. The van der Waals surface area contributed by atoms with E-state index in [0.717, 1.165) is 0 Å². The molecule has 0 aromatic heterocycles. The molecule has 68 valence electrons. The van der Waals surface area contributed by atoms with Crippen LogP contribution in [-0.4, -0.2) is 0 Å². The number of rotatable bonds is 1. The molecule has 0 aromatic rings. The molecule has 0 N–H and O–H groups in total. The Kier molecular flexibility index (Phi) is 258. The summed E-state index contributed by atoms with van der Waals surface area (Å²) in [6.07, 6.45) is 5.03. The molecule has 0 amide bonds. The molecule has 0 radical (unpaired) electrons. The second kappa shape index (κ2) is 126. The molecule has 0 nitrogen and oxygen atoms in total.